The number of fused-ring (bicyclic) bond motifs is 1. The minimum absolute atomic E-state index is 0.00652. The highest BCUT2D eigenvalue weighted by molar-refractivity contribution is 5.84. The molecule has 0 saturated carbocycles. The van der Waals surface area contributed by atoms with Gasteiger partial charge in [-0.25, -0.2) is 0 Å². The number of rotatable bonds is 5. The monoisotopic (exact) mass is 347 g/mol. The van der Waals surface area contributed by atoms with Crippen molar-refractivity contribution in [3.8, 4) is 5.75 Å². The average molecular weight is 347 g/mol. The SMILES string of the molecule is Cc1cc(C)c([C@@H](C)NC(=O)COc2ccc3ccccc3c2)cc1C. The first kappa shape index (κ1) is 18.0. The van der Waals surface area contributed by atoms with Crippen LogP contribution in [0.15, 0.2) is 54.6 Å². The molecule has 1 N–H and O–H groups in total. The summed E-state index contributed by atoms with van der Waals surface area (Å²) in [6.07, 6.45) is 0. The fraction of sp³-hybridized carbons (Fsp3) is 0.261. The van der Waals surface area contributed by atoms with Crippen molar-refractivity contribution in [3.63, 3.8) is 0 Å². The van der Waals surface area contributed by atoms with Crippen molar-refractivity contribution in [2.75, 3.05) is 6.61 Å². The van der Waals surface area contributed by atoms with Crippen LogP contribution in [-0.2, 0) is 4.79 Å². The highest BCUT2D eigenvalue weighted by atomic mass is 16.5. The van der Waals surface area contributed by atoms with E-state index in [0.29, 0.717) is 5.75 Å². The quantitative estimate of drug-likeness (QED) is 0.704. The van der Waals surface area contributed by atoms with Gasteiger partial charge >= 0.3 is 0 Å². The van der Waals surface area contributed by atoms with Crippen molar-refractivity contribution < 1.29 is 9.53 Å². The average Bonchev–Trinajstić information content (AvgIpc) is 2.62. The first-order chi connectivity index (χ1) is 12.4. The lowest BCUT2D eigenvalue weighted by Crippen LogP contribution is -2.31. The van der Waals surface area contributed by atoms with E-state index in [1.54, 1.807) is 0 Å². The Morgan fingerprint density at radius 3 is 2.38 bits per heavy atom. The van der Waals surface area contributed by atoms with Gasteiger partial charge in [0.2, 0.25) is 0 Å². The molecule has 0 aliphatic rings. The van der Waals surface area contributed by atoms with Gasteiger partial charge in [0.05, 0.1) is 6.04 Å². The normalized spacial score (nSPS) is 12.0. The van der Waals surface area contributed by atoms with Crippen LogP contribution in [0.25, 0.3) is 10.8 Å². The van der Waals surface area contributed by atoms with Crippen molar-refractivity contribution in [1.29, 1.82) is 0 Å². The summed E-state index contributed by atoms with van der Waals surface area (Å²) in [6.45, 7) is 8.29. The van der Waals surface area contributed by atoms with E-state index in [9.17, 15) is 4.79 Å². The number of aryl methyl sites for hydroxylation is 3. The van der Waals surface area contributed by atoms with E-state index in [1.807, 2.05) is 43.3 Å². The molecule has 0 bridgehead atoms. The number of carbonyl (C=O) groups excluding carboxylic acids is 1. The summed E-state index contributed by atoms with van der Waals surface area (Å²) in [5.74, 6) is 0.581. The fourth-order valence-corrected chi connectivity index (χ4v) is 3.22. The molecule has 0 unspecified atom stereocenters. The Balaban J connectivity index is 1.62. The second-order valence-electron chi connectivity index (χ2n) is 6.88. The van der Waals surface area contributed by atoms with Crippen LogP contribution in [0.5, 0.6) is 5.75 Å². The van der Waals surface area contributed by atoms with E-state index in [0.717, 1.165) is 16.3 Å². The number of ether oxygens (including phenoxy) is 1. The molecule has 0 heterocycles. The lowest BCUT2D eigenvalue weighted by atomic mass is 9.96. The maximum absolute atomic E-state index is 12.3. The minimum atomic E-state index is -0.122. The second kappa shape index (κ2) is 7.61. The van der Waals surface area contributed by atoms with Crippen LogP contribution in [0, 0.1) is 20.8 Å². The summed E-state index contributed by atoms with van der Waals surface area (Å²) in [5, 5.41) is 5.28. The van der Waals surface area contributed by atoms with Gasteiger partial charge < -0.3 is 10.1 Å². The molecule has 3 rings (SSSR count). The van der Waals surface area contributed by atoms with Crippen LogP contribution < -0.4 is 10.1 Å². The van der Waals surface area contributed by atoms with Crippen LogP contribution >= 0.6 is 0 Å². The minimum Gasteiger partial charge on any atom is -0.484 e. The highest BCUT2D eigenvalue weighted by Crippen LogP contribution is 2.22. The topological polar surface area (TPSA) is 38.3 Å². The summed E-state index contributed by atoms with van der Waals surface area (Å²) in [5.41, 5.74) is 4.84. The predicted molar refractivity (Wildman–Crippen MR) is 107 cm³/mol. The fourth-order valence-electron chi connectivity index (χ4n) is 3.22. The Hall–Kier alpha value is -2.81. The molecular formula is C23H25NO2. The molecule has 3 nitrogen and oxygen atoms in total. The zero-order valence-corrected chi connectivity index (χ0v) is 15.8. The molecular weight excluding hydrogens is 322 g/mol. The molecule has 3 aromatic rings. The van der Waals surface area contributed by atoms with E-state index in [4.69, 9.17) is 4.74 Å². The van der Waals surface area contributed by atoms with Gasteiger partial charge in [0, 0.05) is 0 Å². The summed E-state index contributed by atoms with van der Waals surface area (Å²) < 4.78 is 5.67. The molecule has 0 radical (unpaired) electrons. The maximum atomic E-state index is 12.3. The Morgan fingerprint density at radius 1 is 0.923 bits per heavy atom. The molecule has 1 amide bonds. The Kier molecular flexibility index (Phi) is 5.27. The summed E-state index contributed by atoms with van der Waals surface area (Å²) >= 11 is 0. The number of carbonyl (C=O) groups is 1. The molecule has 134 valence electrons. The smallest absolute Gasteiger partial charge is 0.258 e. The van der Waals surface area contributed by atoms with Crippen LogP contribution in [0.4, 0.5) is 0 Å². The van der Waals surface area contributed by atoms with Gasteiger partial charge in [-0.1, -0.05) is 42.5 Å². The summed E-state index contributed by atoms with van der Waals surface area (Å²) in [4.78, 5) is 12.3. The van der Waals surface area contributed by atoms with Gasteiger partial charge in [-0.2, -0.15) is 0 Å². The van der Waals surface area contributed by atoms with Gasteiger partial charge in [0.1, 0.15) is 5.75 Å². The highest BCUT2D eigenvalue weighted by Gasteiger charge is 2.13. The van der Waals surface area contributed by atoms with Gasteiger partial charge in [0.25, 0.3) is 5.91 Å². The molecule has 0 aliphatic carbocycles. The third-order valence-corrected chi connectivity index (χ3v) is 4.82. The van der Waals surface area contributed by atoms with Crippen molar-refractivity contribution in [2.45, 2.75) is 33.7 Å². The molecule has 0 saturated heterocycles. The Morgan fingerprint density at radius 2 is 1.62 bits per heavy atom. The standard InChI is InChI=1S/C23H25NO2/c1-15-11-17(3)22(12-16(15)2)18(4)24-23(25)14-26-21-10-9-19-7-5-6-8-20(19)13-21/h5-13,18H,14H2,1-4H3,(H,24,25)/t18-/m1/s1. The lowest BCUT2D eigenvalue weighted by Gasteiger charge is -2.18. The van der Waals surface area contributed by atoms with Gasteiger partial charge in [-0.05, 0) is 72.9 Å². The van der Waals surface area contributed by atoms with Crippen LogP contribution in [0.3, 0.4) is 0 Å². The van der Waals surface area contributed by atoms with Crippen molar-refractivity contribution in [2.24, 2.45) is 0 Å². The zero-order chi connectivity index (χ0) is 18.7. The third-order valence-electron chi connectivity index (χ3n) is 4.82. The molecule has 3 heteroatoms. The Labute approximate surface area is 155 Å². The van der Waals surface area contributed by atoms with Gasteiger partial charge in [-0.15, -0.1) is 0 Å². The summed E-state index contributed by atoms with van der Waals surface area (Å²) in [6, 6.07) is 18.2. The number of amides is 1. The lowest BCUT2D eigenvalue weighted by molar-refractivity contribution is -0.123. The van der Waals surface area contributed by atoms with Crippen molar-refractivity contribution >= 4 is 16.7 Å². The van der Waals surface area contributed by atoms with Crippen LogP contribution in [0.2, 0.25) is 0 Å². The van der Waals surface area contributed by atoms with Crippen molar-refractivity contribution in [3.05, 3.63) is 76.9 Å². The largest absolute Gasteiger partial charge is 0.484 e. The molecule has 26 heavy (non-hydrogen) atoms. The van der Waals surface area contributed by atoms with Crippen LogP contribution in [0.1, 0.15) is 35.2 Å². The van der Waals surface area contributed by atoms with E-state index >= 15 is 0 Å². The van der Waals surface area contributed by atoms with Gasteiger partial charge in [0.15, 0.2) is 6.61 Å². The molecule has 0 aromatic heterocycles. The van der Waals surface area contributed by atoms with E-state index in [2.05, 4.69) is 44.3 Å². The summed E-state index contributed by atoms with van der Waals surface area (Å²) in [7, 11) is 0. The zero-order valence-electron chi connectivity index (χ0n) is 15.8. The molecule has 0 spiro atoms. The second-order valence-corrected chi connectivity index (χ2v) is 6.88. The number of hydrogen-bond acceptors (Lipinski definition) is 2. The van der Waals surface area contributed by atoms with E-state index < -0.39 is 0 Å². The third kappa shape index (κ3) is 4.05. The number of hydrogen-bond donors (Lipinski definition) is 1. The molecule has 1 atom stereocenters. The first-order valence-corrected chi connectivity index (χ1v) is 8.93. The number of nitrogens with one attached hydrogen (secondary N) is 1. The first-order valence-electron chi connectivity index (χ1n) is 8.93. The molecule has 0 fully saturated rings. The van der Waals surface area contributed by atoms with Crippen molar-refractivity contribution in [1.82, 2.24) is 5.32 Å². The predicted octanol–water partition coefficient (Wildman–Crippen LogP) is 5.02. The van der Waals surface area contributed by atoms with E-state index in [1.165, 1.54) is 16.7 Å². The van der Waals surface area contributed by atoms with Gasteiger partial charge in [-0.3, -0.25) is 4.79 Å². The molecule has 0 aliphatic heterocycles. The number of benzene rings is 3. The van der Waals surface area contributed by atoms with E-state index in [-0.39, 0.29) is 18.6 Å². The molecule has 3 aromatic carbocycles. The maximum Gasteiger partial charge on any atom is 0.258 e. The van der Waals surface area contributed by atoms with Crippen LogP contribution in [-0.4, -0.2) is 12.5 Å². The Bertz CT molecular complexity index is 946.